The van der Waals surface area contributed by atoms with Crippen LogP contribution in [0.1, 0.15) is 10.5 Å². The zero-order valence-electron chi connectivity index (χ0n) is 15.0. The predicted molar refractivity (Wildman–Crippen MR) is 103 cm³/mol. The van der Waals surface area contributed by atoms with Gasteiger partial charge in [-0.15, -0.1) is 11.3 Å². The number of carbonyl (C=O) groups excluding carboxylic acids is 1. The number of ether oxygens (including phenoxy) is 1. The number of thiazole rings is 1. The number of nitrogens with one attached hydrogen (secondary N) is 1. The quantitative estimate of drug-likeness (QED) is 0.452. The van der Waals surface area contributed by atoms with Crippen LogP contribution in [0, 0.1) is 0 Å². The van der Waals surface area contributed by atoms with Gasteiger partial charge in [-0.3, -0.25) is 9.67 Å². The maximum atomic E-state index is 12.4. The Morgan fingerprint density at radius 3 is 2.97 bits per heavy atom. The van der Waals surface area contributed by atoms with Crippen LogP contribution in [0.2, 0.25) is 0 Å². The molecule has 0 saturated carbocycles. The molecule has 3 aromatic heterocycles. The van der Waals surface area contributed by atoms with E-state index >= 15 is 0 Å². The van der Waals surface area contributed by atoms with Crippen LogP contribution in [0.5, 0.6) is 0 Å². The van der Waals surface area contributed by atoms with Crippen LogP contribution in [0.15, 0.2) is 50.1 Å². The Kier molecular flexibility index (Phi) is 4.80. The first kappa shape index (κ1) is 19.1. The Morgan fingerprint density at radius 1 is 1.38 bits per heavy atom. The molecule has 0 bridgehead atoms. The lowest BCUT2D eigenvalue weighted by Gasteiger charge is -2.05. The van der Waals surface area contributed by atoms with Gasteiger partial charge < -0.3 is 9.15 Å². The molecule has 0 aliphatic heterocycles. The van der Waals surface area contributed by atoms with Crippen molar-refractivity contribution in [2.75, 3.05) is 12.4 Å². The van der Waals surface area contributed by atoms with E-state index in [0.717, 1.165) is 5.56 Å². The highest BCUT2D eigenvalue weighted by Gasteiger charge is 2.19. The number of fused-ring (bicyclic) bond motifs is 1. The van der Waals surface area contributed by atoms with Crippen molar-refractivity contribution in [3.05, 3.63) is 52.2 Å². The van der Waals surface area contributed by atoms with E-state index in [1.54, 1.807) is 29.5 Å². The number of H-pyrrole nitrogens is 1. The van der Waals surface area contributed by atoms with Crippen LogP contribution in [-0.2, 0) is 21.6 Å². The molecule has 1 N–H and O–H groups in total. The number of sulfone groups is 1. The summed E-state index contributed by atoms with van der Waals surface area (Å²) in [6.07, 6.45) is 3.40. The largest absolute Gasteiger partial charge is 0.460 e. The Morgan fingerprint density at radius 2 is 2.21 bits per heavy atom. The highest BCUT2D eigenvalue weighted by molar-refractivity contribution is 7.91. The van der Waals surface area contributed by atoms with Crippen LogP contribution in [0.4, 0.5) is 0 Å². The number of hydrogen-bond donors (Lipinski definition) is 1. The molecular formula is C17H14N4O6S2. The summed E-state index contributed by atoms with van der Waals surface area (Å²) in [6, 6.07) is 4.05. The van der Waals surface area contributed by atoms with E-state index in [2.05, 4.69) is 15.1 Å². The van der Waals surface area contributed by atoms with Crippen molar-refractivity contribution in [1.82, 2.24) is 19.7 Å². The molecule has 3 heterocycles. The Balaban J connectivity index is 1.40. The molecule has 0 amide bonds. The Bertz CT molecular complexity index is 1360. The first-order chi connectivity index (χ1) is 13.8. The van der Waals surface area contributed by atoms with Crippen LogP contribution in [0.25, 0.3) is 21.7 Å². The number of nitrogens with zero attached hydrogens (tertiary/aromatic N) is 3. The van der Waals surface area contributed by atoms with Crippen molar-refractivity contribution in [2.24, 2.45) is 7.05 Å². The lowest BCUT2D eigenvalue weighted by molar-refractivity contribution is 0.0523. The number of rotatable bonds is 6. The van der Waals surface area contributed by atoms with Gasteiger partial charge in [0, 0.05) is 30.3 Å². The monoisotopic (exact) mass is 434 g/mol. The maximum absolute atomic E-state index is 12.4. The molecule has 150 valence electrons. The van der Waals surface area contributed by atoms with Crippen molar-refractivity contribution < 1.29 is 22.4 Å². The van der Waals surface area contributed by atoms with E-state index < -0.39 is 27.3 Å². The van der Waals surface area contributed by atoms with E-state index in [1.807, 2.05) is 0 Å². The van der Waals surface area contributed by atoms with Crippen molar-refractivity contribution in [3.63, 3.8) is 0 Å². The topological polar surface area (TPSA) is 137 Å². The third-order valence-corrected chi connectivity index (χ3v) is 6.57. The molecule has 0 saturated heterocycles. The van der Waals surface area contributed by atoms with Crippen LogP contribution in [0.3, 0.4) is 0 Å². The minimum atomic E-state index is -3.74. The Labute approximate surface area is 167 Å². The van der Waals surface area contributed by atoms with E-state index in [4.69, 9.17) is 9.15 Å². The van der Waals surface area contributed by atoms with E-state index in [9.17, 15) is 18.0 Å². The lowest BCUT2D eigenvalue weighted by Crippen LogP contribution is -2.16. The van der Waals surface area contributed by atoms with Gasteiger partial charge in [0.15, 0.2) is 21.1 Å². The van der Waals surface area contributed by atoms with Crippen LogP contribution >= 0.6 is 11.3 Å². The number of hydrogen-bond acceptors (Lipinski definition) is 9. The lowest BCUT2D eigenvalue weighted by atomic mass is 10.3. The third-order valence-electron chi connectivity index (χ3n) is 4.00. The smallest absolute Gasteiger partial charge is 0.417 e. The average Bonchev–Trinajstić information content (AvgIpc) is 3.38. The SMILES string of the molecule is Cn1cc(-c2nc(C(=O)OCCS(=O)(=O)c3ccc4[nH]c(=O)oc4c3)cs2)cn1. The fourth-order valence-corrected chi connectivity index (χ4v) is 4.45. The van der Waals surface area contributed by atoms with Crippen molar-refractivity contribution in [1.29, 1.82) is 0 Å². The standard InChI is InChI=1S/C17H14N4O6S2/c1-21-8-10(7-18-21)15-19-13(9-28-15)16(22)26-4-5-29(24,25)11-2-3-12-14(6-11)27-17(23)20-12/h2-3,6-9H,4-5H2,1H3,(H,20,23). The van der Waals surface area contributed by atoms with Gasteiger partial charge in [0.25, 0.3) is 0 Å². The van der Waals surface area contributed by atoms with E-state index in [1.165, 1.54) is 29.5 Å². The minimum absolute atomic E-state index is 0.0312. The molecule has 0 radical (unpaired) electrons. The number of aromatic amines is 1. The summed E-state index contributed by atoms with van der Waals surface area (Å²) in [5.74, 6) is -1.80. The van der Waals surface area contributed by atoms with Gasteiger partial charge in [0.05, 0.1) is 22.4 Å². The molecule has 0 spiro atoms. The van der Waals surface area contributed by atoms with Gasteiger partial charge in [0.2, 0.25) is 0 Å². The molecular weight excluding hydrogens is 420 g/mol. The van der Waals surface area contributed by atoms with Crippen molar-refractivity contribution >= 4 is 38.2 Å². The Hall–Kier alpha value is -3.25. The third kappa shape index (κ3) is 3.98. The van der Waals surface area contributed by atoms with Gasteiger partial charge in [-0.2, -0.15) is 5.10 Å². The van der Waals surface area contributed by atoms with Gasteiger partial charge >= 0.3 is 11.7 Å². The summed E-state index contributed by atoms with van der Waals surface area (Å²) in [4.78, 5) is 29.9. The zero-order chi connectivity index (χ0) is 20.6. The highest BCUT2D eigenvalue weighted by Crippen LogP contribution is 2.23. The van der Waals surface area contributed by atoms with E-state index in [-0.39, 0.29) is 22.8 Å². The molecule has 0 atom stereocenters. The van der Waals surface area contributed by atoms with Crippen LogP contribution < -0.4 is 5.76 Å². The predicted octanol–water partition coefficient (Wildman–Crippen LogP) is 1.61. The maximum Gasteiger partial charge on any atom is 0.417 e. The van der Waals surface area contributed by atoms with Crippen LogP contribution in [-0.4, -0.2) is 46.5 Å². The van der Waals surface area contributed by atoms with Gasteiger partial charge in [-0.1, -0.05) is 0 Å². The first-order valence-electron chi connectivity index (χ1n) is 8.29. The molecule has 4 aromatic rings. The summed E-state index contributed by atoms with van der Waals surface area (Å²) in [5.41, 5.74) is 1.40. The minimum Gasteiger partial charge on any atom is -0.460 e. The molecule has 0 fully saturated rings. The summed E-state index contributed by atoms with van der Waals surface area (Å²) >= 11 is 1.26. The molecule has 1 aromatic carbocycles. The number of esters is 1. The van der Waals surface area contributed by atoms with E-state index in [0.29, 0.717) is 10.5 Å². The van der Waals surface area contributed by atoms with Gasteiger partial charge in [0.1, 0.15) is 11.6 Å². The number of aromatic nitrogens is 4. The van der Waals surface area contributed by atoms with Gasteiger partial charge in [-0.25, -0.2) is 23.0 Å². The number of aryl methyl sites for hydroxylation is 1. The van der Waals surface area contributed by atoms with Gasteiger partial charge in [-0.05, 0) is 12.1 Å². The molecule has 29 heavy (non-hydrogen) atoms. The number of carbonyl (C=O) groups is 1. The summed E-state index contributed by atoms with van der Waals surface area (Å²) in [7, 11) is -1.97. The summed E-state index contributed by atoms with van der Waals surface area (Å²) in [5, 5.41) is 6.20. The second-order valence-electron chi connectivity index (χ2n) is 6.07. The highest BCUT2D eigenvalue weighted by atomic mass is 32.2. The first-order valence-corrected chi connectivity index (χ1v) is 10.8. The van der Waals surface area contributed by atoms with Crippen molar-refractivity contribution in [3.8, 4) is 10.6 Å². The molecule has 0 aliphatic rings. The number of benzene rings is 1. The molecule has 10 nitrogen and oxygen atoms in total. The average molecular weight is 434 g/mol. The normalized spacial score (nSPS) is 11.8. The second kappa shape index (κ2) is 7.29. The molecule has 0 unspecified atom stereocenters. The summed E-state index contributed by atoms with van der Waals surface area (Å²) < 4.78 is 36.4. The molecule has 0 aliphatic carbocycles. The fraction of sp³-hybridized carbons (Fsp3) is 0.176. The number of oxazole rings is 1. The molecule has 4 rings (SSSR count). The van der Waals surface area contributed by atoms with Crippen molar-refractivity contribution in [2.45, 2.75) is 4.90 Å². The summed E-state index contributed by atoms with van der Waals surface area (Å²) in [6.45, 7) is -0.337. The molecule has 12 heteroatoms. The fourth-order valence-electron chi connectivity index (χ4n) is 2.59. The zero-order valence-corrected chi connectivity index (χ0v) is 16.6. The second-order valence-corrected chi connectivity index (χ2v) is 9.04.